The average molecular weight is 405 g/mol. The van der Waals surface area contributed by atoms with Crippen molar-refractivity contribution >= 4 is 16.3 Å². The van der Waals surface area contributed by atoms with Crippen LogP contribution in [0.4, 0.5) is 4.39 Å². The monoisotopic (exact) mass is 405 g/mol. The molecule has 0 unspecified atom stereocenters. The molecule has 7 nitrogen and oxygen atoms in total. The highest BCUT2D eigenvalue weighted by Crippen LogP contribution is 2.36. The summed E-state index contributed by atoms with van der Waals surface area (Å²) in [5.41, 5.74) is 0.956. The van der Waals surface area contributed by atoms with Crippen LogP contribution < -0.4 is 4.90 Å². The predicted octanol–water partition coefficient (Wildman–Crippen LogP) is 1.46. The normalized spacial score (nSPS) is 20.9. The van der Waals surface area contributed by atoms with Crippen molar-refractivity contribution in [1.29, 1.82) is 0 Å². The van der Waals surface area contributed by atoms with E-state index in [1.807, 2.05) is 0 Å². The van der Waals surface area contributed by atoms with Crippen molar-refractivity contribution in [2.24, 2.45) is 0 Å². The van der Waals surface area contributed by atoms with Crippen molar-refractivity contribution in [2.75, 3.05) is 26.3 Å². The lowest BCUT2D eigenvalue weighted by Crippen LogP contribution is -3.14. The van der Waals surface area contributed by atoms with Gasteiger partial charge in [0.25, 0.3) is 0 Å². The van der Waals surface area contributed by atoms with Gasteiger partial charge in [-0.15, -0.1) is 5.10 Å². The summed E-state index contributed by atoms with van der Waals surface area (Å²) in [6.45, 7) is 4.74. The first-order valence-corrected chi connectivity index (χ1v) is 10.3. The number of rotatable bonds is 3. The van der Waals surface area contributed by atoms with Crippen LogP contribution in [-0.4, -0.2) is 51.8 Å². The number of aromatic nitrogens is 3. The van der Waals surface area contributed by atoms with Gasteiger partial charge in [-0.3, -0.25) is 0 Å². The number of piperidine rings is 1. The van der Waals surface area contributed by atoms with Crippen molar-refractivity contribution in [3.63, 3.8) is 0 Å². The first-order valence-electron chi connectivity index (χ1n) is 9.48. The number of quaternary nitrogens is 1. The van der Waals surface area contributed by atoms with E-state index in [2.05, 4.69) is 10.1 Å². The van der Waals surface area contributed by atoms with Crippen LogP contribution in [-0.2, 0) is 9.47 Å². The molecule has 1 spiro atoms. The van der Waals surface area contributed by atoms with Gasteiger partial charge in [-0.2, -0.15) is 4.52 Å². The number of benzene rings is 1. The fourth-order valence-corrected chi connectivity index (χ4v) is 5.48. The molecule has 2 aromatic heterocycles. The molecule has 0 saturated carbocycles. The zero-order valence-electron chi connectivity index (χ0n) is 15.5. The summed E-state index contributed by atoms with van der Waals surface area (Å²) in [6, 6.07) is 6.39. The van der Waals surface area contributed by atoms with Gasteiger partial charge in [0.1, 0.15) is 16.5 Å². The van der Waals surface area contributed by atoms with Crippen LogP contribution in [0, 0.1) is 12.7 Å². The summed E-state index contributed by atoms with van der Waals surface area (Å²) in [7, 11) is 0. The minimum atomic E-state index is -0.457. The molecule has 0 bridgehead atoms. The van der Waals surface area contributed by atoms with Gasteiger partial charge in [0.2, 0.25) is 10.8 Å². The maximum absolute atomic E-state index is 13.5. The molecule has 1 aromatic carbocycles. The number of likely N-dealkylation sites (tertiary alicyclic amines) is 1. The van der Waals surface area contributed by atoms with Crippen LogP contribution >= 0.6 is 11.3 Å². The fraction of sp³-hybridized carbons (Fsp3) is 0.474. The number of halogens is 1. The number of thiazole rings is 1. The van der Waals surface area contributed by atoms with Gasteiger partial charge in [0, 0.05) is 5.56 Å². The van der Waals surface area contributed by atoms with E-state index < -0.39 is 5.79 Å². The number of hydrogen-bond donors (Lipinski definition) is 2. The molecule has 2 saturated heterocycles. The second-order valence-electron chi connectivity index (χ2n) is 7.39. The molecule has 0 amide bonds. The molecule has 3 aromatic rings. The van der Waals surface area contributed by atoms with Gasteiger partial charge in [-0.05, 0) is 31.2 Å². The van der Waals surface area contributed by atoms with Crippen molar-refractivity contribution in [3.8, 4) is 5.88 Å². The average Bonchev–Trinajstić information content (AvgIpc) is 3.37. The summed E-state index contributed by atoms with van der Waals surface area (Å²) in [6.07, 6.45) is 1.58. The van der Waals surface area contributed by atoms with E-state index in [0.29, 0.717) is 24.0 Å². The Morgan fingerprint density at radius 1 is 1.21 bits per heavy atom. The maximum atomic E-state index is 13.5. The largest absolute Gasteiger partial charge is 0.492 e. The van der Waals surface area contributed by atoms with E-state index in [1.54, 1.807) is 19.1 Å². The van der Waals surface area contributed by atoms with E-state index in [-0.39, 0.29) is 17.7 Å². The third-order valence-electron chi connectivity index (χ3n) is 5.65. The van der Waals surface area contributed by atoms with Gasteiger partial charge >= 0.3 is 0 Å². The van der Waals surface area contributed by atoms with Gasteiger partial charge in [-0.25, -0.2) is 9.37 Å². The highest BCUT2D eigenvalue weighted by molar-refractivity contribution is 7.17. The third kappa shape index (κ3) is 2.98. The van der Waals surface area contributed by atoms with Crippen molar-refractivity contribution in [3.05, 3.63) is 46.3 Å². The highest BCUT2D eigenvalue weighted by atomic mass is 32.1. The Morgan fingerprint density at radius 3 is 2.54 bits per heavy atom. The van der Waals surface area contributed by atoms with E-state index in [0.717, 1.165) is 36.4 Å². The number of fused-ring (bicyclic) bond motifs is 1. The van der Waals surface area contributed by atoms with Crippen LogP contribution in [0.15, 0.2) is 24.3 Å². The Labute approximate surface area is 165 Å². The van der Waals surface area contributed by atoms with E-state index >= 15 is 0 Å². The van der Waals surface area contributed by atoms with Crippen LogP contribution in [0.5, 0.6) is 5.88 Å². The molecule has 148 valence electrons. The minimum Gasteiger partial charge on any atom is -0.492 e. The van der Waals surface area contributed by atoms with Crippen LogP contribution in [0.1, 0.15) is 35.1 Å². The Hall–Kier alpha value is -2.07. The van der Waals surface area contributed by atoms with Crippen molar-refractivity contribution in [1.82, 2.24) is 14.6 Å². The molecule has 2 aliphatic heterocycles. The Balaban J connectivity index is 1.52. The number of ether oxygens (including phenoxy) is 2. The summed E-state index contributed by atoms with van der Waals surface area (Å²) >= 11 is 1.43. The SMILES string of the molecule is Cc1nc2sc([C@@H](c3ccc(F)cc3)[NH+]3CCC4(CC3)OCCO4)c(O)n2n1. The lowest BCUT2D eigenvalue weighted by Gasteiger charge is -2.38. The van der Waals surface area contributed by atoms with Crippen LogP contribution in [0.25, 0.3) is 4.96 Å². The molecule has 1 atom stereocenters. The fourth-order valence-electron chi connectivity index (χ4n) is 4.29. The van der Waals surface area contributed by atoms with E-state index in [1.165, 1.54) is 32.9 Å². The molecule has 4 heterocycles. The summed E-state index contributed by atoms with van der Waals surface area (Å²) in [5.74, 6) is -0.00245. The number of aromatic hydroxyl groups is 1. The third-order valence-corrected chi connectivity index (χ3v) is 6.73. The van der Waals surface area contributed by atoms with Gasteiger partial charge in [-0.1, -0.05) is 11.3 Å². The van der Waals surface area contributed by atoms with E-state index in [4.69, 9.17) is 9.47 Å². The Morgan fingerprint density at radius 2 is 1.89 bits per heavy atom. The van der Waals surface area contributed by atoms with Crippen molar-refractivity contribution in [2.45, 2.75) is 31.6 Å². The second-order valence-corrected chi connectivity index (χ2v) is 8.40. The standard InChI is InChI=1S/C19H21FN4O3S/c1-12-21-18-24(22-12)17(25)16(28-18)15(13-2-4-14(20)5-3-13)23-8-6-19(7-9-23)26-10-11-27-19/h2-5,15,25H,6-11H2,1H3/p+1/t15-/m1/s1. The first kappa shape index (κ1) is 18.0. The summed E-state index contributed by atoms with van der Waals surface area (Å²) < 4.78 is 26.7. The molecular formula is C19H22FN4O3S+. The molecule has 0 radical (unpaired) electrons. The summed E-state index contributed by atoms with van der Waals surface area (Å²) in [4.78, 5) is 7.13. The van der Waals surface area contributed by atoms with Crippen molar-refractivity contribution < 1.29 is 23.9 Å². The number of nitrogens with one attached hydrogen (secondary N) is 1. The summed E-state index contributed by atoms with van der Waals surface area (Å²) in [5, 5.41) is 15.1. The van der Waals surface area contributed by atoms with Crippen LogP contribution in [0.2, 0.25) is 0 Å². The van der Waals surface area contributed by atoms with Gasteiger partial charge in [0.15, 0.2) is 11.8 Å². The molecule has 5 rings (SSSR count). The predicted molar refractivity (Wildman–Crippen MR) is 100 cm³/mol. The smallest absolute Gasteiger partial charge is 0.235 e. The first-order chi connectivity index (χ1) is 13.5. The number of aryl methyl sites for hydroxylation is 1. The molecule has 0 aliphatic carbocycles. The molecule has 2 fully saturated rings. The molecular weight excluding hydrogens is 383 g/mol. The zero-order valence-corrected chi connectivity index (χ0v) is 16.3. The molecule has 28 heavy (non-hydrogen) atoms. The molecule has 9 heteroatoms. The topological polar surface area (TPSA) is 73.3 Å². The number of nitrogens with zero attached hydrogens (tertiary/aromatic N) is 3. The Bertz CT molecular complexity index is 987. The molecule has 2 N–H and O–H groups in total. The minimum absolute atomic E-state index is 0.107. The lowest BCUT2D eigenvalue weighted by atomic mass is 9.97. The Kier molecular flexibility index (Phi) is 4.35. The second kappa shape index (κ2) is 6.77. The number of hydrogen-bond acceptors (Lipinski definition) is 6. The zero-order chi connectivity index (χ0) is 19.3. The lowest BCUT2D eigenvalue weighted by molar-refractivity contribution is -0.933. The van der Waals surface area contributed by atoms with Gasteiger partial charge < -0.3 is 19.5 Å². The highest BCUT2D eigenvalue weighted by Gasteiger charge is 2.45. The van der Waals surface area contributed by atoms with E-state index in [9.17, 15) is 9.50 Å². The maximum Gasteiger partial charge on any atom is 0.235 e. The van der Waals surface area contributed by atoms with Gasteiger partial charge in [0.05, 0.1) is 39.1 Å². The molecule has 2 aliphatic rings. The quantitative estimate of drug-likeness (QED) is 0.690. The van der Waals surface area contributed by atoms with Crippen LogP contribution in [0.3, 0.4) is 0 Å².